The molecule has 2 aromatic carbocycles. The number of halogens is 1. The van der Waals surface area contributed by atoms with E-state index in [2.05, 4.69) is 57.3 Å². The van der Waals surface area contributed by atoms with Gasteiger partial charge in [-0.3, -0.25) is 4.98 Å². The molecule has 0 spiro atoms. The van der Waals surface area contributed by atoms with Crippen LogP contribution in [0.25, 0.3) is 11.1 Å². The van der Waals surface area contributed by atoms with Crippen LogP contribution >= 0.6 is 15.9 Å². The average molecular weight is 395 g/mol. The molecule has 3 nitrogen and oxygen atoms in total. The Morgan fingerprint density at radius 3 is 2.60 bits per heavy atom. The van der Waals surface area contributed by atoms with Crippen LogP contribution in [0.1, 0.15) is 22.6 Å². The molecule has 3 aromatic rings. The number of nitrogens with zero attached hydrogens (tertiary/aromatic N) is 2. The zero-order valence-corrected chi connectivity index (χ0v) is 15.5. The molecule has 126 valence electrons. The molecule has 0 aliphatic carbocycles. The lowest BCUT2D eigenvalue weighted by Gasteiger charge is -2.17. The number of rotatable bonds is 5. The van der Waals surface area contributed by atoms with Crippen molar-refractivity contribution in [3.05, 3.63) is 88.2 Å². The number of hydrogen-bond donors (Lipinski definition) is 1. The Labute approximate surface area is 156 Å². The quantitative estimate of drug-likeness (QED) is 0.347. The fraction of sp³-hybridized carbons (Fsp3) is 0.143. The van der Waals surface area contributed by atoms with Gasteiger partial charge in [0.2, 0.25) is 0 Å². The maximum absolute atomic E-state index is 9.14. The second-order valence-electron chi connectivity index (χ2n) is 5.97. The van der Waals surface area contributed by atoms with Gasteiger partial charge in [0.25, 0.3) is 0 Å². The van der Waals surface area contributed by atoms with Crippen LogP contribution < -0.4 is 0 Å². The smallest absolute Gasteiger partial charge is 0.0514 e. The molecule has 0 bridgehead atoms. The lowest BCUT2D eigenvalue weighted by Crippen LogP contribution is -2.07. The van der Waals surface area contributed by atoms with Gasteiger partial charge in [-0.05, 0) is 53.8 Å². The van der Waals surface area contributed by atoms with Crippen LogP contribution in [0.5, 0.6) is 0 Å². The Bertz CT molecular complexity index is 875. The lowest BCUT2D eigenvalue weighted by molar-refractivity contribution is 0.319. The van der Waals surface area contributed by atoms with Crippen LogP contribution in [0.4, 0.5) is 0 Å². The summed E-state index contributed by atoms with van der Waals surface area (Å²) in [6, 6.07) is 18.4. The van der Waals surface area contributed by atoms with Crippen molar-refractivity contribution in [3.8, 4) is 11.1 Å². The van der Waals surface area contributed by atoms with Gasteiger partial charge in [-0.25, -0.2) is 0 Å². The first kappa shape index (κ1) is 17.4. The number of hydrogen-bond acceptors (Lipinski definition) is 3. The van der Waals surface area contributed by atoms with E-state index in [4.69, 9.17) is 5.21 Å². The van der Waals surface area contributed by atoms with E-state index in [1.807, 2.05) is 42.7 Å². The predicted molar refractivity (Wildman–Crippen MR) is 105 cm³/mol. The van der Waals surface area contributed by atoms with Crippen LogP contribution in [0.15, 0.2) is 76.6 Å². The summed E-state index contributed by atoms with van der Waals surface area (Å²) < 4.78 is 1.05. The highest BCUT2D eigenvalue weighted by atomic mass is 79.9. The van der Waals surface area contributed by atoms with Gasteiger partial charge in [0.05, 0.1) is 6.21 Å². The van der Waals surface area contributed by atoms with E-state index in [1.54, 1.807) is 6.21 Å². The van der Waals surface area contributed by atoms with Crippen molar-refractivity contribution in [2.45, 2.75) is 19.3 Å². The Hall–Kier alpha value is -2.46. The molecule has 1 heterocycles. The number of benzene rings is 2. The molecule has 0 saturated carbocycles. The fourth-order valence-electron chi connectivity index (χ4n) is 3.05. The molecule has 1 atom stereocenters. The maximum atomic E-state index is 9.14. The summed E-state index contributed by atoms with van der Waals surface area (Å²) in [5.74, 6) is 0.00259. The van der Waals surface area contributed by atoms with E-state index in [1.165, 1.54) is 16.7 Å². The number of aromatic nitrogens is 1. The van der Waals surface area contributed by atoms with Crippen molar-refractivity contribution < 1.29 is 5.21 Å². The van der Waals surface area contributed by atoms with E-state index in [9.17, 15) is 0 Å². The van der Waals surface area contributed by atoms with Crippen LogP contribution in [0.3, 0.4) is 0 Å². The topological polar surface area (TPSA) is 45.5 Å². The molecule has 0 amide bonds. The number of pyridine rings is 1. The third-order valence-electron chi connectivity index (χ3n) is 4.34. The second-order valence-corrected chi connectivity index (χ2v) is 6.89. The third-order valence-corrected chi connectivity index (χ3v) is 4.87. The lowest BCUT2D eigenvalue weighted by atomic mass is 9.88. The van der Waals surface area contributed by atoms with Crippen molar-refractivity contribution >= 4 is 22.1 Å². The van der Waals surface area contributed by atoms with Crippen molar-refractivity contribution in [2.24, 2.45) is 5.16 Å². The van der Waals surface area contributed by atoms with E-state index in [-0.39, 0.29) is 5.92 Å². The van der Waals surface area contributed by atoms with Crippen LogP contribution in [0, 0.1) is 6.92 Å². The molecule has 0 saturated heterocycles. The first-order valence-corrected chi connectivity index (χ1v) is 8.90. The Morgan fingerprint density at radius 2 is 1.88 bits per heavy atom. The summed E-state index contributed by atoms with van der Waals surface area (Å²) in [6.07, 6.45) is 6.04. The van der Waals surface area contributed by atoms with Crippen LogP contribution in [-0.4, -0.2) is 16.4 Å². The molecular weight excluding hydrogens is 376 g/mol. The van der Waals surface area contributed by atoms with Crippen molar-refractivity contribution in [2.75, 3.05) is 0 Å². The Balaban J connectivity index is 1.99. The SMILES string of the molecule is Cc1ccccc1C(/C=N/O)Cc1ccncc1-c1ccc(Br)cc1. The molecule has 1 N–H and O–H groups in total. The highest BCUT2D eigenvalue weighted by Crippen LogP contribution is 2.29. The normalized spacial score (nSPS) is 12.4. The molecule has 0 fully saturated rings. The van der Waals surface area contributed by atoms with Gasteiger partial charge in [0.15, 0.2) is 0 Å². The summed E-state index contributed by atoms with van der Waals surface area (Å²) in [7, 11) is 0. The molecule has 0 aliphatic rings. The minimum atomic E-state index is 0.00259. The van der Waals surface area contributed by atoms with Crippen LogP contribution in [-0.2, 0) is 6.42 Å². The van der Waals surface area contributed by atoms with Gasteiger partial charge in [-0.15, -0.1) is 5.16 Å². The number of oxime groups is 1. The highest BCUT2D eigenvalue weighted by Gasteiger charge is 2.15. The first-order valence-electron chi connectivity index (χ1n) is 8.11. The van der Waals surface area contributed by atoms with E-state index < -0.39 is 0 Å². The van der Waals surface area contributed by atoms with E-state index in [0.29, 0.717) is 0 Å². The predicted octanol–water partition coefficient (Wildman–Crippen LogP) is 5.61. The van der Waals surface area contributed by atoms with Crippen molar-refractivity contribution in [1.29, 1.82) is 0 Å². The van der Waals surface area contributed by atoms with Gasteiger partial charge >= 0.3 is 0 Å². The zero-order valence-electron chi connectivity index (χ0n) is 13.9. The standard InChI is InChI=1S/C21H19BrN2O/c1-15-4-2-3-5-20(15)18(13-24-25)12-17-10-11-23-14-21(17)16-6-8-19(22)9-7-16/h2-11,13-14,18,25H,12H2,1H3/b24-13+. The Kier molecular flexibility index (Phi) is 5.61. The Morgan fingerprint density at radius 1 is 1.12 bits per heavy atom. The van der Waals surface area contributed by atoms with E-state index >= 15 is 0 Å². The molecule has 0 radical (unpaired) electrons. The first-order chi connectivity index (χ1) is 12.2. The zero-order chi connectivity index (χ0) is 17.6. The minimum absolute atomic E-state index is 0.00259. The monoisotopic (exact) mass is 394 g/mol. The maximum Gasteiger partial charge on any atom is 0.0514 e. The van der Waals surface area contributed by atoms with Crippen molar-refractivity contribution in [1.82, 2.24) is 4.98 Å². The van der Waals surface area contributed by atoms with Gasteiger partial charge < -0.3 is 5.21 Å². The summed E-state index contributed by atoms with van der Waals surface area (Å²) in [6.45, 7) is 2.08. The largest absolute Gasteiger partial charge is 0.411 e. The third kappa shape index (κ3) is 4.15. The summed E-state index contributed by atoms with van der Waals surface area (Å²) >= 11 is 3.48. The molecule has 4 heteroatoms. The van der Waals surface area contributed by atoms with Crippen molar-refractivity contribution in [3.63, 3.8) is 0 Å². The second kappa shape index (κ2) is 8.08. The molecule has 1 aromatic heterocycles. The highest BCUT2D eigenvalue weighted by molar-refractivity contribution is 9.10. The molecule has 1 unspecified atom stereocenters. The van der Waals surface area contributed by atoms with Gasteiger partial charge in [0.1, 0.15) is 0 Å². The average Bonchev–Trinajstić information content (AvgIpc) is 2.63. The fourth-order valence-corrected chi connectivity index (χ4v) is 3.32. The minimum Gasteiger partial charge on any atom is -0.411 e. The van der Waals surface area contributed by atoms with Gasteiger partial charge in [-0.1, -0.05) is 52.3 Å². The summed E-state index contributed by atoms with van der Waals surface area (Å²) in [5, 5.41) is 12.5. The van der Waals surface area contributed by atoms with Gasteiger partial charge in [0, 0.05) is 28.3 Å². The summed E-state index contributed by atoms with van der Waals surface area (Å²) in [5.41, 5.74) is 5.74. The van der Waals surface area contributed by atoms with Crippen LogP contribution in [0.2, 0.25) is 0 Å². The molecular formula is C21H19BrN2O. The van der Waals surface area contributed by atoms with E-state index in [0.717, 1.165) is 22.0 Å². The summed E-state index contributed by atoms with van der Waals surface area (Å²) in [4.78, 5) is 4.29. The van der Waals surface area contributed by atoms with Gasteiger partial charge in [-0.2, -0.15) is 0 Å². The molecule has 3 rings (SSSR count). The number of aryl methyl sites for hydroxylation is 1. The molecule has 0 aliphatic heterocycles. The molecule has 25 heavy (non-hydrogen) atoms.